The van der Waals surface area contributed by atoms with E-state index < -0.39 is 95.3 Å². The maximum atomic E-state index is 14.6. The van der Waals surface area contributed by atoms with Gasteiger partial charge in [0.2, 0.25) is 47.0 Å². The molecule has 0 aliphatic carbocycles. The number of amides is 6. The van der Waals surface area contributed by atoms with Crippen molar-refractivity contribution in [3.8, 4) is 0 Å². The Kier molecular flexibility index (Phi) is 41.3. The van der Waals surface area contributed by atoms with E-state index in [-0.39, 0.29) is 171 Å². The van der Waals surface area contributed by atoms with Crippen molar-refractivity contribution >= 4 is 95.5 Å². The number of nitrogens with one attached hydrogen (secondary N) is 7. The Balaban J connectivity index is 0. The number of Topliss-reactive ketones (excluding diaryl/α,β-unsaturated/α-hetero) is 2. The van der Waals surface area contributed by atoms with E-state index in [1.165, 1.54) is 6.92 Å². The Morgan fingerprint density at radius 1 is 0.306 bits per heavy atom. The molecule has 39 heteroatoms. The van der Waals surface area contributed by atoms with Gasteiger partial charge in [0.05, 0.1) is 18.1 Å². The molecule has 0 saturated carbocycles. The molecule has 0 radical (unpaired) electrons. The number of hydrogen-bond donors (Lipinski definition) is 23. The number of hydrogen-bond acceptors (Lipinski definition) is 19. The first kappa shape index (κ1) is 77.7. The lowest BCUT2D eigenvalue weighted by molar-refractivity contribution is -0.140. The molecule has 482 valence electrons. The van der Waals surface area contributed by atoms with Gasteiger partial charge in [-0.05, 0) is 96.8 Å². The van der Waals surface area contributed by atoms with Gasteiger partial charge in [0.1, 0.15) is 37.0 Å². The minimum Gasteiger partial charge on any atom is -0.370 e. The molecule has 39 N–H and O–H groups in total. The summed E-state index contributed by atoms with van der Waals surface area (Å²) in [5, 5.41) is 15.7. The van der Waals surface area contributed by atoms with E-state index >= 15 is 0 Å². The highest BCUT2D eigenvalue weighted by Gasteiger charge is 2.35. The lowest BCUT2D eigenvalue weighted by atomic mass is 9.99. The van der Waals surface area contributed by atoms with Gasteiger partial charge in [-0.2, -0.15) is 0 Å². The summed E-state index contributed by atoms with van der Waals surface area (Å²) >= 11 is 0. The summed E-state index contributed by atoms with van der Waals surface area (Å²) in [6.07, 6.45) is 0.295. The highest BCUT2D eigenvalue weighted by Crippen LogP contribution is 2.11. The molecule has 0 spiro atoms. The summed E-state index contributed by atoms with van der Waals surface area (Å²) in [7, 11) is 0. The van der Waals surface area contributed by atoms with Crippen molar-refractivity contribution in [2.24, 2.45) is 127 Å². The third-order valence-corrected chi connectivity index (χ3v) is 11.6. The van der Waals surface area contributed by atoms with Crippen molar-refractivity contribution in [3.63, 3.8) is 0 Å². The van der Waals surface area contributed by atoms with Crippen LogP contribution >= 0.6 is 0 Å². The number of carbonyl (C=O) groups excluding carboxylic acids is 9. The molecule has 6 amide bonds. The number of rotatable bonds is 44. The number of nitrogens with two attached hydrogens (primary N) is 16. The maximum absolute atomic E-state index is 14.6. The largest absolute Gasteiger partial charge is 0.370 e. The van der Waals surface area contributed by atoms with Crippen LogP contribution in [0.2, 0.25) is 0 Å². The van der Waals surface area contributed by atoms with E-state index in [0.29, 0.717) is 6.42 Å². The van der Waals surface area contributed by atoms with Crippen molar-refractivity contribution in [3.05, 3.63) is 0 Å². The molecule has 0 aromatic heterocycles. The molecule has 0 heterocycles. The first-order valence-corrected chi connectivity index (χ1v) is 26.9. The highest BCUT2D eigenvalue weighted by atomic mass is 16.2. The molecule has 0 saturated heterocycles. The molecule has 39 nitrogen and oxygen atoms in total. The molecule has 0 fully saturated rings. The van der Waals surface area contributed by atoms with Gasteiger partial charge in [-0.1, -0.05) is 0 Å². The van der Waals surface area contributed by atoms with Gasteiger partial charge >= 0.3 is 0 Å². The molecule has 0 unspecified atom stereocenters. The van der Waals surface area contributed by atoms with Gasteiger partial charge < -0.3 is 123 Å². The maximum Gasteiger partial charge on any atom is 0.243 e. The molecule has 0 aromatic rings. The Hall–Kier alpha value is -9.40. The smallest absolute Gasteiger partial charge is 0.243 e. The minimum atomic E-state index is -1.49. The van der Waals surface area contributed by atoms with Crippen LogP contribution in [0.1, 0.15) is 96.8 Å². The first-order chi connectivity index (χ1) is 40.1. The van der Waals surface area contributed by atoms with Gasteiger partial charge in [-0.25, -0.2) is 5.43 Å². The van der Waals surface area contributed by atoms with E-state index in [0.717, 1.165) is 0 Å². The van der Waals surface area contributed by atoms with Crippen molar-refractivity contribution in [1.29, 1.82) is 0 Å². The minimum absolute atomic E-state index is 0.00182. The predicted molar refractivity (Wildman–Crippen MR) is 323 cm³/mol. The molecule has 0 rings (SSSR count). The van der Waals surface area contributed by atoms with Crippen LogP contribution in [0.4, 0.5) is 0 Å². The van der Waals surface area contributed by atoms with Crippen LogP contribution < -0.4 is 129 Å². The third-order valence-electron chi connectivity index (χ3n) is 11.6. The quantitative estimate of drug-likeness (QED) is 0.00673. The molecular weight excluding hydrogens is 1120 g/mol. The molecule has 0 aliphatic rings. The average Bonchev–Trinajstić information content (AvgIpc) is 3.63. The van der Waals surface area contributed by atoms with Gasteiger partial charge in [0.25, 0.3) is 0 Å². The summed E-state index contributed by atoms with van der Waals surface area (Å²) < 4.78 is 0. The van der Waals surface area contributed by atoms with Crippen LogP contribution in [0.5, 0.6) is 0 Å². The number of ketones is 2. The number of hydrazine groups is 1. The Bertz CT molecular complexity index is 2300. The molecule has 0 aromatic carbocycles. The number of carbonyl (C=O) groups is 9. The highest BCUT2D eigenvalue weighted by molar-refractivity contribution is 6.41. The summed E-state index contributed by atoms with van der Waals surface area (Å²) in [6.45, 7) is 3.48. The van der Waals surface area contributed by atoms with Crippen molar-refractivity contribution in [2.75, 3.05) is 45.8 Å². The van der Waals surface area contributed by atoms with Gasteiger partial charge in [0.15, 0.2) is 41.7 Å². The molecule has 85 heavy (non-hydrogen) atoms. The monoisotopic (exact) mass is 1210 g/mol. The zero-order valence-electron chi connectivity index (χ0n) is 48.2. The van der Waals surface area contributed by atoms with Gasteiger partial charge in [-0.15, -0.1) is 0 Å². The Morgan fingerprint density at radius 3 is 0.647 bits per heavy atom. The summed E-state index contributed by atoms with van der Waals surface area (Å²) in [5.41, 5.74) is 85.1. The molecule has 0 aliphatic heterocycles. The summed E-state index contributed by atoms with van der Waals surface area (Å²) in [5.74, 6) is -3.19. The molecule has 8 atom stereocenters. The van der Waals surface area contributed by atoms with E-state index in [2.05, 4.69) is 72.3 Å². The van der Waals surface area contributed by atoms with E-state index in [4.69, 9.17) is 96.6 Å². The average molecular weight is 1210 g/mol. The van der Waals surface area contributed by atoms with Crippen LogP contribution in [0.25, 0.3) is 0 Å². The topological polar surface area (TPSA) is 741 Å². The summed E-state index contributed by atoms with van der Waals surface area (Å²) in [6, 6.07) is -10.9. The van der Waals surface area contributed by atoms with E-state index in [1.54, 1.807) is 0 Å². The fourth-order valence-electron chi connectivity index (χ4n) is 7.46. The van der Waals surface area contributed by atoms with Crippen LogP contribution in [-0.2, 0) is 43.2 Å². The predicted octanol–water partition coefficient (Wildman–Crippen LogP) is -11.6. The fourth-order valence-corrected chi connectivity index (χ4v) is 7.46. The number of guanidine groups is 7. The number of aliphatic imine (C=N–C) groups is 7. The third kappa shape index (κ3) is 38.1. The summed E-state index contributed by atoms with van der Waals surface area (Å²) in [4.78, 5) is 147. The fraction of sp³-hybridized carbons (Fsp3) is 0.652. The lowest BCUT2D eigenvalue weighted by Crippen LogP contribution is -2.60. The standard InChI is InChI=1S/C45H92N30O8.CH2O/c1-23(46)31(76)32(77)24(9-2-16-62-39(47)48)69-33(78)25(10-3-17-63-40(49)50)70-34(79)26(11-4-18-64-41(51)52)71-35(80)27(12-5-19-65-42(53)54)72-36(81)28(13-6-20-66-43(55)56)73-37(82)29(14-7-21-67-44(57)58)74-38(83)30(75-61)15-8-22-68-45(59)60;1-2/h23-30,75H,2-22,46,61H2,1H3,(H,69,78)(H,70,79)(H,71,80)(H,72,81)(H,73,82)(H,74,83)(H4,47,48,62)(H4,49,50,63)(H4,51,52,64)(H4,53,54,65)(H4,55,56,66)(H4,57,58,67)(H4,59,60,68);1H2/t23-,24-,25-,26-,27-,28-,29-,30-;/m0./s1. The van der Waals surface area contributed by atoms with Crippen LogP contribution in [0.3, 0.4) is 0 Å². The molecular formula is C46H94N30O9. The van der Waals surface area contributed by atoms with Crippen LogP contribution in [-0.4, -0.2) is 190 Å². The zero-order chi connectivity index (χ0) is 65.0. The Morgan fingerprint density at radius 2 is 0.471 bits per heavy atom. The SMILES string of the molecule is C=O.C[C@H](N)C(=O)C(=O)[C@H](CCCN=C(N)N)NC(=O)[C@H](CCCN=C(N)N)NC(=O)[C@H](CCCN=C(N)N)NC(=O)[C@H](CCCN=C(N)N)NC(=O)[C@H](CCCN=C(N)N)NC(=O)[C@H](CCCN=C(N)N)NC(=O)[C@H](CCCN=C(N)N)NN. The van der Waals surface area contributed by atoms with E-state index in [1.807, 2.05) is 6.79 Å². The van der Waals surface area contributed by atoms with Gasteiger partial charge in [-0.3, -0.25) is 79.1 Å². The second-order valence-electron chi connectivity index (χ2n) is 18.7. The van der Waals surface area contributed by atoms with Crippen LogP contribution in [0.15, 0.2) is 34.9 Å². The van der Waals surface area contributed by atoms with Crippen molar-refractivity contribution < 1.29 is 43.2 Å². The van der Waals surface area contributed by atoms with Gasteiger partial charge in [0, 0.05) is 45.8 Å². The lowest BCUT2D eigenvalue weighted by Gasteiger charge is -2.28. The second-order valence-corrected chi connectivity index (χ2v) is 18.7. The zero-order valence-corrected chi connectivity index (χ0v) is 48.2. The van der Waals surface area contributed by atoms with Crippen molar-refractivity contribution in [2.45, 2.75) is 145 Å². The Labute approximate surface area is 492 Å². The number of nitrogens with zero attached hydrogens (tertiary/aromatic N) is 7. The van der Waals surface area contributed by atoms with Crippen LogP contribution in [0, 0.1) is 0 Å². The first-order valence-electron chi connectivity index (χ1n) is 26.9. The molecule has 0 bridgehead atoms. The van der Waals surface area contributed by atoms with E-state index in [9.17, 15) is 38.4 Å². The normalized spacial score (nSPS) is 13.3. The van der Waals surface area contributed by atoms with Crippen molar-refractivity contribution in [1.82, 2.24) is 37.3 Å². The second kappa shape index (κ2) is 45.2.